The summed E-state index contributed by atoms with van der Waals surface area (Å²) in [6, 6.07) is -0.700. The average molecular weight is 790 g/mol. The highest BCUT2D eigenvalue weighted by atomic mass is 16.5. The number of unbranched alkanes of at least 4 members (excludes halogenated alkanes) is 28. The molecule has 0 bridgehead atoms. The van der Waals surface area contributed by atoms with Crippen LogP contribution in [0.2, 0.25) is 0 Å². The van der Waals surface area contributed by atoms with Crippen LogP contribution in [0.25, 0.3) is 0 Å². The van der Waals surface area contributed by atoms with Crippen molar-refractivity contribution in [2.24, 2.45) is 0 Å². The number of rotatable bonds is 44. The Bertz CT molecular complexity index is 889. The van der Waals surface area contributed by atoms with Gasteiger partial charge in [-0.15, -0.1) is 0 Å². The SMILES string of the molecule is CC/C=C/C/C=C/CCCCCCCC(CC(=O)NC(CO)C(O)CCCCCCCCCCCC)OC(=O)CCCCCCCCCCCCCCCCC. The summed E-state index contributed by atoms with van der Waals surface area (Å²) in [5, 5.41) is 23.7. The predicted molar refractivity (Wildman–Crippen MR) is 241 cm³/mol. The van der Waals surface area contributed by atoms with Crippen molar-refractivity contribution in [2.75, 3.05) is 6.61 Å². The van der Waals surface area contributed by atoms with E-state index in [1.54, 1.807) is 0 Å². The second-order valence-electron chi connectivity index (χ2n) is 16.8. The van der Waals surface area contributed by atoms with E-state index >= 15 is 0 Å². The molecule has 3 atom stereocenters. The molecule has 0 aromatic carbocycles. The van der Waals surface area contributed by atoms with Crippen molar-refractivity contribution in [3.05, 3.63) is 24.3 Å². The molecule has 1 amide bonds. The summed E-state index contributed by atoms with van der Waals surface area (Å²) in [5.41, 5.74) is 0. The smallest absolute Gasteiger partial charge is 0.306 e. The van der Waals surface area contributed by atoms with Crippen molar-refractivity contribution in [1.29, 1.82) is 0 Å². The Hall–Kier alpha value is -1.66. The highest BCUT2D eigenvalue weighted by molar-refractivity contribution is 5.77. The van der Waals surface area contributed by atoms with E-state index in [0.29, 0.717) is 19.3 Å². The molecule has 0 aromatic heterocycles. The third-order valence-electron chi connectivity index (χ3n) is 11.3. The first-order valence-electron chi connectivity index (χ1n) is 24.6. The third-order valence-corrected chi connectivity index (χ3v) is 11.3. The minimum absolute atomic E-state index is 0.0728. The number of hydrogen-bond donors (Lipinski definition) is 3. The van der Waals surface area contributed by atoms with Crippen LogP contribution in [0.4, 0.5) is 0 Å². The van der Waals surface area contributed by atoms with Crippen LogP contribution < -0.4 is 5.32 Å². The molecule has 6 heteroatoms. The zero-order valence-electron chi connectivity index (χ0n) is 37.5. The van der Waals surface area contributed by atoms with Crippen molar-refractivity contribution in [3.63, 3.8) is 0 Å². The van der Waals surface area contributed by atoms with Crippen LogP contribution in [-0.2, 0) is 14.3 Å². The van der Waals surface area contributed by atoms with Gasteiger partial charge in [0.15, 0.2) is 0 Å². The number of carbonyl (C=O) groups excluding carboxylic acids is 2. The number of carbonyl (C=O) groups is 2. The summed E-state index contributed by atoms with van der Waals surface area (Å²) >= 11 is 0. The summed E-state index contributed by atoms with van der Waals surface area (Å²) in [4.78, 5) is 26.0. The molecule has 330 valence electrons. The normalized spacial score (nSPS) is 13.4. The van der Waals surface area contributed by atoms with Crippen LogP contribution in [0.1, 0.15) is 258 Å². The number of esters is 1. The summed E-state index contributed by atoms with van der Waals surface area (Å²) in [6.07, 6.45) is 49.5. The average Bonchev–Trinajstić information content (AvgIpc) is 3.19. The van der Waals surface area contributed by atoms with Crippen LogP contribution in [0, 0.1) is 0 Å². The van der Waals surface area contributed by atoms with E-state index in [4.69, 9.17) is 4.74 Å². The van der Waals surface area contributed by atoms with E-state index in [1.807, 2.05) is 0 Å². The number of allylic oxidation sites excluding steroid dienone is 4. The first kappa shape index (κ1) is 54.3. The van der Waals surface area contributed by atoms with Gasteiger partial charge in [-0.2, -0.15) is 0 Å². The molecule has 56 heavy (non-hydrogen) atoms. The fraction of sp³-hybridized carbons (Fsp3) is 0.880. The zero-order valence-corrected chi connectivity index (χ0v) is 37.5. The molecule has 0 heterocycles. The Morgan fingerprint density at radius 2 is 0.964 bits per heavy atom. The highest BCUT2D eigenvalue weighted by Crippen LogP contribution is 2.18. The summed E-state index contributed by atoms with van der Waals surface area (Å²) in [7, 11) is 0. The van der Waals surface area contributed by atoms with Gasteiger partial charge in [0.05, 0.1) is 25.2 Å². The molecule has 0 spiro atoms. The van der Waals surface area contributed by atoms with E-state index in [-0.39, 0.29) is 24.9 Å². The Balaban J connectivity index is 4.54. The number of ether oxygens (including phenoxy) is 1. The van der Waals surface area contributed by atoms with E-state index in [2.05, 4.69) is 50.4 Å². The molecule has 0 aromatic rings. The molecule has 0 rings (SSSR count). The fourth-order valence-electron chi connectivity index (χ4n) is 7.59. The van der Waals surface area contributed by atoms with E-state index in [1.165, 1.54) is 135 Å². The van der Waals surface area contributed by atoms with Crippen LogP contribution in [0.3, 0.4) is 0 Å². The van der Waals surface area contributed by atoms with Crippen LogP contribution >= 0.6 is 0 Å². The molecule has 3 unspecified atom stereocenters. The Labute approximate surface area is 348 Å². The number of nitrogens with one attached hydrogen (secondary N) is 1. The molecule has 6 nitrogen and oxygen atoms in total. The first-order valence-corrected chi connectivity index (χ1v) is 24.6. The predicted octanol–water partition coefficient (Wildman–Crippen LogP) is 14.3. The lowest BCUT2D eigenvalue weighted by molar-refractivity contribution is -0.151. The molecule has 0 aliphatic rings. The largest absolute Gasteiger partial charge is 0.462 e. The summed E-state index contributed by atoms with van der Waals surface area (Å²) in [5.74, 6) is -0.478. The fourth-order valence-corrected chi connectivity index (χ4v) is 7.59. The number of amides is 1. The van der Waals surface area contributed by atoms with Crippen molar-refractivity contribution < 1.29 is 24.5 Å². The standard InChI is InChI=1S/C50H95NO5/c1-4-7-10-13-16-19-22-24-25-26-28-31-34-37-40-43-50(55)56-46(41-38-35-32-29-27-23-20-17-14-11-8-5-2)44-49(54)51-47(45-52)48(53)42-39-36-33-30-21-18-15-12-9-6-3/h8,11,17,20,46-48,52-53H,4-7,9-10,12-16,18-19,21-45H2,1-3H3,(H,51,54)/b11-8+,20-17+. The molecular formula is C50H95NO5. The molecule has 3 N–H and O–H groups in total. The Morgan fingerprint density at radius 1 is 0.536 bits per heavy atom. The van der Waals surface area contributed by atoms with Crippen molar-refractivity contribution in [3.8, 4) is 0 Å². The maximum atomic E-state index is 13.1. The van der Waals surface area contributed by atoms with Crippen molar-refractivity contribution in [2.45, 2.75) is 277 Å². The van der Waals surface area contributed by atoms with Gasteiger partial charge in [-0.1, -0.05) is 218 Å². The molecule has 0 radical (unpaired) electrons. The maximum Gasteiger partial charge on any atom is 0.306 e. The molecule has 0 fully saturated rings. The van der Waals surface area contributed by atoms with Gasteiger partial charge in [-0.3, -0.25) is 9.59 Å². The molecule has 0 saturated heterocycles. The lowest BCUT2D eigenvalue weighted by Crippen LogP contribution is -2.46. The highest BCUT2D eigenvalue weighted by Gasteiger charge is 2.24. The van der Waals surface area contributed by atoms with Gasteiger partial charge in [0, 0.05) is 6.42 Å². The number of aliphatic hydroxyl groups excluding tert-OH is 2. The second-order valence-corrected chi connectivity index (χ2v) is 16.8. The third kappa shape index (κ3) is 39.2. The van der Waals surface area contributed by atoms with Gasteiger partial charge in [-0.25, -0.2) is 0 Å². The molecular weight excluding hydrogens is 695 g/mol. The minimum atomic E-state index is -0.785. The van der Waals surface area contributed by atoms with Gasteiger partial charge >= 0.3 is 5.97 Å². The molecule has 0 aliphatic carbocycles. The van der Waals surface area contributed by atoms with Gasteiger partial charge in [0.25, 0.3) is 0 Å². The van der Waals surface area contributed by atoms with Gasteiger partial charge < -0.3 is 20.3 Å². The quantitative estimate of drug-likeness (QED) is 0.0324. The van der Waals surface area contributed by atoms with Crippen LogP contribution in [0.5, 0.6) is 0 Å². The molecule has 0 aliphatic heterocycles. The van der Waals surface area contributed by atoms with E-state index in [0.717, 1.165) is 77.0 Å². The van der Waals surface area contributed by atoms with E-state index < -0.39 is 18.2 Å². The summed E-state index contributed by atoms with van der Waals surface area (Å²) in [6.45, 7) is 6.37. The van der Waals surface area contributed by atoms with Crippen molar-refractivity contribution >= 4 is 11.9 Å². The van der Waals surface area contributed by atoms with Gasteiger partial charge in [0.1, 0.15) is 6.10 Å². The first-order chi connectivity index (χ1) is 27.5. The zero-order chi connectivity index (χ0) is 41.0. The Kier molecular flexibility index (Phi) is 43.1. The lowest BCUT2D eigenvalue weighted by Gasteiger charge is -2.24. The number of aliphatic hydroxyl groups is 2. The monoisotopic (exact) mass is 790 g/mol. The second kappa shape index (κ2) is 44.4. The minimum Gasteiger partial charge on any atom is -0.462 e. The lowest BCUT2D eigenvalue weighted by atomic mass is 10.0. The number of hydrogen-bond acceptors (Lipinski definition) is 5. The van der Waals surface area contributed by atoms with Crippen LogP contribution in [0.15, 0.2) is 24.3 Å². The summed E-state index contributed by atoms with van der Waals surface area (Å²) < 4.78 is 5.92. The topological polar surface area (TPSA) is 95.9 Å². The van der Waals surface area contributed by atoms with Crippen LogP contribution in [-0.4, -0.2) is 46.9 Å². The van der Waals surface area contributed by atoms with Gasteiger partial charge in [0.2, 0.25) is 5.91 Å². The van der Waals surface area contributed by atoms with Gasteiger partial charge in [-0.05, 0) is 51.4 Å². The van der Waals surface area contributed by atoms with Crippen molar-refractivity contribution in [1.82, 2.24) is 5.32 Å². The maximum absolute atomic E-state index is 13.1. The molecule has 0 saturated carbocycles. The Morgan fingerprint density at radius 3 is 1.45 bits per heavy atom. The van der Waals surface area contributed by atoms with E-state index in [9.17, 15) is 19.8 Å².